The van der Waals surface area contributed by atoms with Gasteiger partial charge < -0.3 is 0 Å². The van der Waals surface area contributed by atoms with Crippen LogP contribution >= 0.6 is 0 Å². The molecule has 7 heteroatoms. The second kappa shape index (κ2) is 8.04. The molecule has 2 aromatic carbocycles. The minimum absolute atomic E-state index is 0.0190. The van der Waals surface area contributed by atoms with Crippen molar-refractivity contribution in [3.63, 3.8) is 0 Å². The van der Waals surface area contributed by atoms with Crippen molar-refractivity contribution >= 4 is 17.1 Å². The standard InChI is InChI=1S/C21H22N4O3/c1-4-5-19-20(15(3)22-16-8-6-14(2)7-9-16)21(26)24(23-19)17-10-12-18(13-11-17)25(27)28/h6-13,23H,4-5H2,1-3H3. The quantitative estimate of drug-likeness (QED) is 0.389. The Bertz CT molecular complexity index is 1070. The molecule has 0 aliphatic carbocycles. The minimum Gasteiger partial charge on any atom is -0.294 e. The van der Waals surface area contributed by atoms with Crippen molar-refractivity contribution in [2.24, 2.45) is 4.99 Å². The zero-order valence-corrected chi connectivity index (χ0v) is 16.1. The molecule has 0 saturated carbocycles. The summed E-state index contributed by atoms with van der Waals surface area (Å²) in [6.45, 7) is 5.87. The Balaban J connectivity index is 2.07. The maximum absolute atomic E-state index is 13.1. The monoisotopic (exact) mass is 378 g/mol. The summed E-state index contributed by atoms with van der Waals surface area (Å²) in [5.74, 6) is 0. The molecule has 0 bridgehead atoms. The Labute approximate surface area is 162 Å². The molecule has 0 spiro atoms. The van der Waals surface area contributed by atoms with Gasteiger partial charge in [0.15, 0.2) is 0 Å². The van der Waals surface area contributed by atoms with Crippen molar-refractivity contribution in [1.82, 2.24) is 9.78 Å². The molecule has 1 N–H and O–H groups in total. The minimum atomic E-state index is -0.465. The molecule has 0 aliphatic rings. The van der Waals surface area contributed by atoms with Gasteiger partial charge in [-0.2, -0.15) is 0 Å². The molecule has 3 aromatic rings. The Morgan fingerprint density at radius 1 is 1.14 bits per heavy atom. The van der Waals surface area contributed by atoms with Gasteiger partial charge in [0.1, 0.15) is 0 Å². The Morgan fingerprint density at radius 2 is 1.79 bits per heavy atom. The lowest BCUT2D eigenvalue weighted by Crippen LogP contribution is -2.19. The van der Waals surface area contributed by atoms with Gasteiger partial charge in [0.2, 0.25) is 0 Å². The fourth-order valence-electron chi connectivity index (χ4n) is 3.06. The number of nitro groups is 1. The second-order valence-electron chi connectivity index (χ2n) is 6.66. The number of hydrogen-bond donors (Lipinski definition) is 1. The first-order chi connectivity index (χ1) is 13.4. The normalized spacial score (nSPS) is 11.6. The molecular formula is C21H22N4O3. The highest BCUT2D eigenvalue weighted by molar-refractivity contribution is 6.01. The number of H-pyrrole nitrogens is 1. The SMILES string of the molecule is CCCc1[nH]n(-c2ccc([N+](=O)[O-])cc2)c(=O)c1C(C)=Nc1ccc(C)cc1. The maximum Gasteiger partial charge on any atom is 0.280 e. The van der Waals surface area contributed by atoms with Crippen LogP contribution in [0.3, 0.4) is 0 Å². The van der Waals surface area contributed by atoms with Gasteiger partial charge in [-0.3, -0.25) is 25.0 Å². The van der Waals surface area contributed by atoms with Crippen LogP contribution in [0.15, 0.2) is 58.3 Å². The number of nitrogens with one attached hydrogen (secondary N) is 1. The highest BCUT2D eigenvalue weighted by atomic mass is 16.6. The van der Waals surface area contributed by atoms with E-state index >= 15 is 0 Å². The molecule has 0 fully saturated rings. The van der Waals surface area contributed by atoms with E-state index in [1.165, 1.54) is 16.8 Å². The fraction of sp³-hybridized carbons (Fsp3) is 0.238. The van der Waals surface area contributed by atoms with E-state index in [9.17, 15) is 14.9 Å². The Morgan fingerprint density at radius 3 is 2.36 bits per heavy atom. The third kappa shape index (κ3) is 3.93. The average molecular weight is 378 g/mol. The highest BCUT2D eigenvalue weighted by Gasteiger charge is 2.18. The van der Waals surface area contributed by atoms with Crippen molar-refractivity contribution in [3.05, 3.63) is 85.8 Å². The van der Waals surface area contributed by atoms with Gasteiger partial charge in [0.05, 0.1) is 27.6 Å². The highest BCUT2D eigenvalue weighted by Crippen LogP contribution is 2.18. The summed E-state index contributed by atoms with van der Waals surface area (Å²) < 4.78 is 1.41. The fourth-order valence-corrected chi connectivity index (χ4v) is 3.06. The van der Waals surface area contributed by atoms with E-state index < -0.39 is 4.92 Å². The zero-order valence-electron chi connectivity index (χ0n) is 16.1. The van der Waals surface area contributed by atoms with E-state index in [1.54, 1.807) is 12.1 Å². The first kappa shape index (κ1) is 19.3. The first-order valence-corrected chi connectivity index (χ1v) is 9.11. The van der Waals surface area contributed by atoms with Crippen LogP contribution in [0.4, 0.5) is 11.4 Å². The summed E-state index contributed by atoms with van der Waals surface area (Å²) in [6, 6.07) is 13.7. The van der Waals surface area contributed by atoms with Gasteiger partial charge in [-0.1, -0.05) is 31.0 Å². The number of non-ortho nitro benzene ring substituents is 1. The number of nitrogens with zero attached hydrogens (tertiary/aromatic N) is 3. The van der Waals surface area contributed by atoms with Crippen LogP contribution in [0.1, 0.15) is 37.1 Å². The van der Waals surface area contributed by atoms with E-state index in [2.05, 4.69) is 10.1 Å². The number of benzene rings is 2. The molecule has 0 radical (unpaired) electrons. The van der Waals surface area contributed by atoms with Crippen LogP contribution < -0.4 is 5.56 Å². The molecule has 0 atom stereocenters. The number of hydrogen-bond acceptors (Lipinski definition) is 4. The Kier molecular flexibility index (Phi) is 5.54. The zero-order chi connectivity index (χ0) is 20.3. The summed E-state index contributed by atoms with van der Waals surface area (Å²) in [7, 11) is 0. The largest absolute Gasteiger partial charge is 0.294 e. The number of aliphatic imine (C=N–C) groups is 1. The summed E-state index contributed by atoms with van der Waals surface area (Å²) >= 11 is 0. The molecule has 7 nitrogen and oxygen atoms in total. The van der Waals surface area contributed by atoms with Crippen LogP contribution in [-0.2, 0) is 6.42 Å². The summed E-state index contributed by atoms with van der Waals surface area (Å²) in [4.78, 5) is 28.1. The summed E-state index contributed by atoms with van der Waals surface area (Å²) in [5.41, 5.74) is 4.22. The number of rotatable bonds is 6. The lowest BCUT2D eigenvalue weighted by molar-refractivity contribution is -0.384. The summed E-state index contributed by atoms with van der Waals surface area (Å²) in [5, 5.41) is 14.0. The van der Waals surface area contributed by atoms with E-state index in [0.717, 1.165) is 23.4 Å². The van der Waals surface area contributed by atoms with Gasteiger partial charge in [-0.15, -0.1) is 0 Å². The third-order valence-electron chi connectivity index (χ3n) is 4.48. The predicted molar refractivity (Wildman–Crippen MR) is 110 cm³/mol. The van der Waals surface area contributed by atoms with Crippen molar-refractivity contribution in [2.45, 2.75) is 33.6 Å². The van der Waals surface area contributed by atoms with Gasteiger partial charge in [-0.05, 0) is 44.5 Å². The number of aryl methyl sites for hydroxylation is 2. The van der Waals surface area contributed by atoms with Crippen molar-refractivity contribution in [1.29, 1.82) is 0 Å². The van der Waals surface area contributed by atoms with Gasteiger partial charge in [-0.25, -0.2) is 4.68 Å². The topological polar surface area (TPSA) is 93.3 Å². The van der Waals surface area contributed by atoms with Gasteiger partial charge in [0, 0.05) is 17.8 Å². The maximum atomic E-state index is 13.1. The number of aromatic nitrogens is 2. The van der Waals surface area contributed by atoms with Crippen molar-refractivity contribution in [3.8, 4) is 5.69 Å². The first-order valence-electron chi connectivity index (χ1n) is 9.11. The molecule has 0 unspecified atom stereocenters. The number of nitro benzene ring substituents is 1. The molecule has 0 aliphatic heterocycles. The average Bonchev–Trinajstić information content (AvgIpc) is 3.00. The molecular weight excluding hydrogens is 356 g/mol. The van der Waals surface area contributed by atoms with Crippen LogP contribution in [0.2, 0.25) is 0 Å². The van der Waals surface area contributed by atoms with E-state index in [4.69, 9.17) is 0 Å². The molecule has 0 amide bonds. The van der Waals surface area contributed by atoms with Crippen LogP contribution in [0, 0.1) is 17.0 Å². The molecule has 3 rings (SSSR count). The molecule has 0 saturated heterocycles. The van der Waals surface area contributed by atoms with Crippen LogP contribution in [0.5, 0.6) is 0 Å². The van der Waals surface area contributed by atoms with Crippen LogP contribution in [-0.4, -0.2) is 20.4 Å². The smallest absolute Gasteiger partial charge is 0.280 e. The van der Waals surface area contributed by atoms with Gasteiger partial charge >= 0.3 is 0 Å². The molecule has 144 valence electrons. The lowest BCUT2D eigenvalue weighted by atomic mass is 10.1. The van der Waals surface area contributed by atoms with Crippen molar-refractivity contribution < 1.29 is 4.92 Å². The van der Waals surface area contributed by atoms with E-state index in [1.807, 2.05) is 45.0 Å². The van der Waals surface area contributed by atoms with E-state index in [-0.39, 0.29) is 11.2 Å². The Hall–Kier alpha value is -3.48. The predicted octanol–water partition coefficient (Wildman–Crippen LogP) is 4.48. The van der Waals surface area contributed by atoms with Crippen molar-refractivity contribution in [2.75, 3.05) is 0 Å². The molecule has 1 aromatic heterocycles. The summed E-state index contributed by atoms with van der Waals surface area (Å²) in [6.07, 6.45) is 1.57. The van der Waals surface area contributed by atoms with Crippen LogP contribution in [0.25, 0.3) is 5.69 Å². The lowest BCUT2D eigenvalue weighted by Gasteiger charge is -2.01. The number of aromatic amines is 1. The van der Waals surface area contributed by atoms with Gasteiger partial charge in [0.25, 0.3) is 11.2 Å². The molecule has 28 heavy (non-hydrogen) atoms. The molecule has 1 heterocycles. The van der Waals surface area contributed by atoms with E-state index in [0.29, 0.717) is 23.4 Å². The second-order valence-corrected chi connectivity index (χ2v) is 6.66. The third-order valence-corrected chi connectivity index (χ3v) is 4.48.